The Labute approximate surface area is 152 Å². The second kappa shape index (κ2) is 6.92. The summed E-state index contributed by atoms with van der Waals surface area (Å²) in [5.41, 5.74) is 13.1. The van der Waals surface area contributed by atoms with Crippen LogP contribution in [0.2, 0.25) is 0 Å². The lowest BCUT2D eigenvalue weighted by molar-refractivity contribution is 0.100. The number of rotatable bonds is 7. The van der Waals surface area contributed by atoms with Crippen LogP contribution in [0.3, 0.4) is 0 Å². The molecule has 1 heterocycles. The van der Waals surface area contributed by atoms with Crippen LogP contribution in [0, 0.1) is 12.7 Å². The Kier molecular flexibility index (Phi) is 4.82. The number of hydrogen-bond acceptors (Lipinski definition) is 5. The molecule has 0 unspecified atom stereocenters. The van der Waals surface area contributed by atoms with Crippen molar-refractivity contribution in [3.05, 3.63) is 47.3 Å². The van der Waals surface area contributed by atoms with E-state index in [2.05, 4.69) is 15.6 Å². The number of benzene rings is 1. The number of nitrogens with two attached hydrogens (primary N) is 2. The van der Waals surface area contributed by atoms with Gasteiger partial charge in [0, 0.05) is 17.3 Å². The average Bonchev–Trinajstić information content (AvgIpc) is 3.35. The summed E-state index contributed by atoms with van der Waals surface area (Å²) in [6.07, 6.45) is 2.54. The van der Waals surface area contributed by atoms with E-state index >= 15 is 0 Å². The zero-order valence-electron chi connectivity index (χ0n) is 15.0. The summed E-state index contributed by atoms with van der Waals surface area (Å²) in [4.78, 5) is 16.0. The zero-order chi connectivity index (χ0) is 18.9. The Morgan fingerprint density at radius 1 is 1.31 bits per heavy atom. The van der Waals surface area contributed by atoms with Gasteiger partial charge < -0.3 is 22.1 Å². The molecule has 1 aromatic carbocycles. The van der Waals surface area contributed by atoms with Crippen molar-refractivity contribution >= 4 is 23.2 Å². The first-order chi connectivity index (χ1) is 12.3. The van der Waals surface area contributed by atoms with E-state index in [1.54, 1.807) is 0 Å². The fourth-order valence-electron chi connectivity index (χ4n) is 2.96. The van der Waals surface area contributed by atoms with Gasteiger partial charge in [-0.05, 0) is 44.4 Å². The summed E-state index contributed by atoms with van der Waals surface area (Å²) in [5.74, 6) is -1.10. The van der Waals surface area contributed by atoms with Crippen LogP contribution in [0.4, 0.5) is 21.7 Å². The third-order valence-corrected chi connectivity index (χ3v) is 4.80. The van der Waals surface area contributed by atoms with Crippen LogP contribution in [0.15, 0.2) is 30.3 Å². The van der Waals surface area contributed by atoms with Crippen LogP contribution in [0.1, 0.15) is 42.1 Å². The highest BCUT2D eigenvalue weighted by atomic mass is 19.1. The number of carbonyl (C=O) groups is 1. The van der Waals surface area contributed by atoms with Crippen LogP contribution in [0.25, 0.3) is 0 Å². The van der Waals surface area contributed by atoms with Crippen molar-refractivity contribution in [2.45, 2.75) is 44.7 Å². The number of nitrogens with zero attached hydrogens (tertiary/aromatic N) is 1. The van der Waals surface area contributed by atoms with E-state index in [9.17, 15) is 9.18 Å². The van der Waals surface area contributed by atoms with E-state index in [4.69, 9.17) is 11.5 Å². The van der Waals surface area contributed by atoms with Crippen molar-refractivity contribution in [2.24, 2.45) is 11.5 Å². The number of aromatic nitrogens is 1. The number of anilines is 3. The molecule has 138 valence electrons. The molecular formula is C19H24FN5O. The summed E-state index contributed by atoms with van der Waals surface area (Å²) in [6.45, 7) is 3.97. The normalized spacial score (nSPS) is 16.0. The van der Waals surface area contributed by atoms with Gasteiger partial charge in [-0.25, -0.2) is 9.37 Å². The summed E-state index contributed by atoms with van der Waals surface area (Å²) in [7, 11) is 0. The highest BCUT2D eigenvalue weighted by Gasteiger charge is 2.45. The summed E-state index contributed by atoms with van der Waals surface area (Å²) >= 11 is 0. The first kappa shape index (κ1) is 18.1. The molecule has 6 N–H and O–H groups in total. The Bertz CT molecular complexity index is 817. The molecule has 0 aliphatic heterocycles. The maximum absolute atomic E-state index is 14.5. The number of carbonyl (C=O) groups excluding carboxylic acids is 1. The standard InChI is InChI=1S/C19H24FN5O/c1-3-15(19(22)8-9-19)24-18-14(20)10-13(16(21)26)17(25-18)23-12-6-4-11(2)5-7-12/h4-7,10,15H,3,8-9,22H2,1-2H3,(H2,21,26)(H2,23,24,25)/t15-/m0/s1. The number of amides is 1. The number of nitrogens with one attached hydrogen (secondary N) is 2. The predicted octanol–water partition coefficient (Wildman–Crippen LogP) is 3.05. The molecule has 2 aromatic rings. The van der Waals surface area contributed by atoms with Gasteiger partial charge in [0.25, 0.3) is 5.91 Å². The van der Waals surface area contributed by atoms with Gasteiger partial charge in [-0.2, -0.15) is 0 Å². The van der Waals surface area contributed by atoms with Crippen LogP contribution in [-0.4, -0.2) is 22.5 Å². The summed E-state index contributed by atoms with van der Waals surface area (Å²) in [6, 6.07) is 8.58. The molecule has 1 aromatic heterocycles. The monoisotopic (exact) mass is 357 g/mol. The number of hydrogen-bond donors (Lipinski definition) is 4. The van der Waals surface area contributed by atoms with E-state index in [1.807, 2.05) is 38.1 Å². The topological polar surface area (TPSA) is 106 Å². The van der Waals surface area contributed by atoms with E-state index in [-0.39, 0.29) is 28.8 Å². The summed E-state index contributed by atoms with van der Waals surface area (Å²) < 4.78 is 14.5. The Morgan fingerprint density at radius 3 is 2.50 bits per heavy atom. The molecule has 0 saturated heterocycles. The number of primary amides is 1. The van der Waals surface area contributed by atoms with Crippen LogP contribution in [-0.2, 0) is 0 Å². The third kappa shape index (κ3) is 3.77. The Morgan fingerprint density at radius 2 is 1.96 bits per heavy atom. The van der Waals surface area contributed by atoms with Crippen molar-refractivity contribution in [2.75, 3.05) is 10.6 Å². The van der Waals surface area contributed by atoms with Crippen molar-refractivity contribution in [1.82, 2.24) is 4.98 Å². The lowest BCUT2D eigenvalue weighted by atomic mass is 10.0. The van der Waals surface area contributed by atoms with Gasteiger partial charge in [-0.15, -0.1) is 0 Å². The molecule has 3 rings (SSSR count). The second-order valence-corrected chi connectivity index (χ2v) is 6.91. The zero-order valence-corrected chi connectivity index (χ0v) is 15.0. The van der Waals surface area contributed by atoms with Crippen molar-refractivity contribution < 1.29 is 9.18 Å². The predicted molar refractivity (Wildman–Crippen MR) is 101 cm³/mol. The molecule has 7 heteroatoms. The quantitative estimate of drug-likeness (QED) is 0.609. The van der Waals surface area contributed by atoms with Gasteiger partial charge in [0.2, 0.25) is 0 Å². The van der Waals surface area contributed by atoms with E-state index in [0.717, 1.165) is 36.6 Å². The molecule has 1 atom stereocenters. The molecule has 1 aliphatic carbocycles. The molecule has 6 nitrogen and oxygen atoms in total. The highest BCUT2D eigenvalue weighted by Crippen LogP contribution is 2.38. The van der Waals surface area contributed by atoms with Gasteiger partial charge in [-0.3, -0.25) is 4.79 Å². The van der Waals surface area contributed by atoms with Crippen LogP contribution < -0.4 is 22.1 Å². The highest BCUT2D eigenvalue weighted by molar-refractivity contribution is 5.98. The van der Waals surface area contributed by atoms with Crippen molar-refractivity contribution in [3.8, 4) is 0 Å². The third-order valence-electron chi connectivity index (χ3n) is 4.80. The van der Waals surface area contributed by atoms with Crippen molar-refractivity contribution in [3.63, 3.8) is 0 Å². The fraction of sp³-hybridized carbons (Fsp3) is 0.368. The minimum atomic E-state index is -0.748. The molecule has 26 heavy (non-hydrogen) atoms. The molecule has 0 spiro atoms. The number of halogens is 1. The van der Waals surface area contributed by atoms with Gasteiger partial charge in [-0.1, -0.05) is 24.6 Å². The average molecular weight is 357 g/mol. The molecule has 1 fully saturated rings. The fourth-order valence-corrected chi connectivity index (χ4v) is 2.96. The first-order valence-electron chi connectivity index (χ1n) is 8.72. The summed E-state index contributed by atoms with van der Waals surface area (Å²) in [5, 5.41) is 6.14. The minimum absolute atomic E-state index is 0.00411. The molecule has 0 radical (unpaired) electrons. The molecule has 0 bridgehead atoms. The molecular weight excluding hydrogens is 333 g/mol. The van der Waals surface area contributed by atoms with Gasteiger partial charge >= 0.3 is 0 Å². The lowest BCUT2D eigenvalue weighted by Crippen LogP contribution is -2.42. The largest absolute Gasteiger partial charge is 0.365 e. The molecule has 1 aliphatic rings. The van der Waals surface area contributed by atoms with E-state index < -0.39 is 11.7 Å². The van der Waals surface area contributed by atoms with E-state index in [0.29, 0.717) is 0 Å². The van der Waals surface area contributed by atoms with Crippen molar-refractivity contribution in [1.29, 1.82) is 0 Å². The van der Waals surface area contributed by atoms with Gasteiger partial charge in [0.15, 0.2) is 11.6 Å². The van der Waals surface area contributed by atoms with Crippen LogP contribution >= 0.6 is 0 Å². The maximum Gasteiger partial charge on any atom is 0.252 e. The van der Waals surface area contributed by atoms with E-state index in [1.165, 1.54) is 0 Å². The number of pyridine rings is 1. The maximum atomic E-state index is 14.5. The van der Waals surface area contributed by atoms with Gasteiger partial charge in [0.1, 0.15) is 5.82 Å². The Balaban J connectivity index is 1.93. The number of aryl methyl sites for hydroxylation is 1. The molecule has 1 amide bonds. The smallest absolute Gasteiger partial charge is 0.252 e. The first-order valence-corrected chi connectivity index (χ1v) is 8.72. The van der Waals surface area contributed by atoms with Crippen LogP contribution in [0.5, 0.6) is 0 Å². The second-order valence-electron chi connectivity index (χ2n) is 6.91. The minimum Gasteiger partial charge on any atom is -0.365 e. The lowest BCUT2D eigenvalue weighted by Gasteiger charge is -2.24. The molecule has 1 saturated carbocycles. The Hall–Kier alpha value is -2.67. The SMILES string of the molecule is CC[C@H](Nc1nc(Nc2ccc(C)cc2)c(C(N)=O)cc1F)C1(N)CC1. The van der Waals surface area contributed by atoms with Gasteiger partial charge in [0.05, 0.1) is 5.56 Å².